The van der Waals surface area contributed by atoms with Crippen molar-refractivity contribution in [3.05, 3.63) is 0 Å². The molecule has 2 fully saturated rings. The monoisotopic (exact) mass is 171 g/mol. The van der Waals surface area contributed by atoms with E-state index < -0.39 is 5.60 Å². The van der Waals surface area contributed by atoms with Crippen LogP contribution in [-0.2, 0) is 4.74 Å². The van der Waals surface area contributed by atoms with E-state index in [0.29, 0.717) is 5.92 Å². The Labute approximate surface area is 72.9 Å². The predicted molar refractivity (Wildman–Crippen MR) is 45.7 cm³/mol. The van der Waals surface area contributed by atoms with Crippen molar-refractivity contribution < 1.29 is 9.84 Å². The van der Waals surface area contributed by atoms with E-state index >= 15 is 0 Å². The first-order valence-corrected chi connectivity index (χ1v) is 4.76. The van der Waals surface area contributed by atoms with Crippen molar-refractivity contribution in [2.75, 3.05) is 13.2 Å². The maximum absolute atomic E-state index is 10.1. The summed E-state index contributed by atoms with van der Waals surface area (Å²) in [5, 5.41) is 10.1. The topological polar surface area (TPSA) is 55.5 Å². The van der Waals surface area contributed by atoms with Crippen LogP contribution in [0.2, 0.25) is 0 Å². The molecule has 0 aromatic heterocycles. The van der Waals surface area contributed by atoms with E-state index in [1.807, 2.05) is 0 Å². The highest BCUT2D eigenvalue weighted by molar-refractivity contribution is 5.01. The third-order valence-electron chi connectivity index (χ3n) is 3.21. The van der Waals surface area contributed by atoms with E-state index in [4.69, 9.17) is 10.5 Å². The summed E-state index contributed by atoms with van der Waals surface area (Å²) in [7, 11) is 0. The molecule has 0 unspecified atom stereocenters. The Morgan fingerprint density at radius 1 is 1.25 bits per heavy atom. The number of hydrogen-bond acceptors (Lipinski definition) is 3. The van der Waals surface area contributed by atoms with Crippen LogP contribution in [0.15, 0.2) is 0 Å². The molecular formula is C9H17NO2. The molecule has 0 radical (unpaired) electrons. The minimum absolute atomic E-state index is 0.234. The number of rotatable bonds is 1. The van der Waals surface area contributed by atoms with Gasteiger partial charge in [-0.1, -0.05) is 0 Å². The molecule has 1 aliphatic heterocycles. The third-order valence-corrected chi connectivity index (χ3v) is 3.21. The molecule has 12 heavy (non-hydrogen) atoms. The van der Waals surface area contributed by atoms with Gasteiger partial charge in [-0.05, 0) is 31.6 Å². The van der Waals surface area contributed by atoms with Crippen LogP contribution >= 0.6 is 0 Å². The van der Waals surface area contributed by atoms with E-state index in [2.05, 4.69) is 0 Å². The molecule has 0 atom stereocenters. The summed E-state index contributed by atoms with van der Waals surface area (Å²) in [5.74, 6) is 0.436. The van der Waals surface area contributed by atoms with Crippen LogP contribution in [0.3, 0.4) is 0 Å². The van der Waals surface area contributed by atoms with Gasteiger partial charge in [0.25, 0.3) is 0 Å². The molecule has 70 valence electrons. The average molecular weight is 171 g/mol. The molecular weight excluding hydrogens is 154 g/mol. The van der Waals surface area contributed by atoms with Gasteiger partial charge in [0.15, 0.2) is 0 Å². The van der Waals surface area contributed by atoms with Crippen LogP contribution in [-0.4, -0.2) is 30.0 Å². The molecule has 0 aromatic rings. The van der Waals surface area contributed by atoms with Gasteiger partial charge in [0.05, 0.1) is 5.60 Å². The lowest BCUT2D eigenvalue weighted by atomic mass is 9.66. The van der Waals surface area contributed by atoms with Crippen LogP contribution < -0.4 is 5.73 Å². The van der Waals surface area contributed by atoms with E-state index in [1.54, 1.807) is 0 Å². The van der Waals surface area contributed by atoms with Crippen molar-refractivity contribution in [2.45, 2.75) is 37.3 Å². The zero-order valence-corrected chi connectivity index (χ0v) is 7.33. The summed E-state index contributed by atoms with van der Waals surface area (Å²) in [6.45, 7) is 1.62. The summed E-state index contributed by atoms with van der Waals surface area (Å²) in [4.78, 5) is 0. The van der Waals surface area contributed by atoms with Crippen LogP contribution in [0.1, 0.15) is 25.7 Å². The van der Waals surface area contributed by atoms with Crippen molar-refractivity contribution >= 4 is 0 Å². The van der Waals surface area contributed by atoms with Gasteiger partial charge in [-0.15, -0.1) is 0 Å². The summed E-state index contributed by atoms with van der Waals surface area (Å²) < 4.78 is 5.25. The largest absolute Gasteiger partial charge is 0.389 e. The van der Waals surface area contributed by atoms with Crippen molar-refractivity contribution in [3.8, 4) is 0 Å². The molecule has 1 heterocycles. The van der Waals surface area contributed by atoms with Crippen LogP contribution in [0.5, 0.6) is 0 Å². The van der Waals surface area contributed by atoms with Crippen molar-refractivity contribution in [1.29, 1.82) is 0 Å². The number of hydrogen-bond donors (Lipinski definition) is 2. The molecule has 3 N–H and O–H groups in total. The predicted octanol–water partition coefficient (Wildman–Crippen LogP) is 0.265. The molecule has 0 aromatic carbocycles. The summed E-state index contributed by atoms with van der Waals surface area (Å²) in [6, 6.07) is 0.234. The van der Waals surface area contributed by atoms with E-state index in [-0.39, 0.29) is 6.04 Å². The van der Waals surface area contributed by atoms with Gasteiger partial charge < -0.3 is 15.6 Å². The zero-order chi connectivity index (χ0) is 8.60. The Bertz CT molecular complexity index is 160. The highest BCUT2D eigenvalue weighted by atomic mass is 16.5. The maximum Gasteiger partial charge on any atom is 0.0707 e. The summed E-state index contributed by atoms with van der Waals surface area (Å²) in [5.41, 5.74) is 5.23. The van der Waals surface area contributed by atoms with Crippen LogP contribution in [0.25, 0.3) is 0 Å². The second-order valence-corrected chi connectivity index (χ2v) is 4.16. The average Bonchev–Trinajstić information content (AvgIpc) is 2.04. The Balaban J connectivity index is 1.90. The smallest absolute Gasteiger partial charge is 0.0707 e. The minimum Gasteiger partial charge on any atom is -0.389 e. The van der Waals surface area contributed by atoms with Crippen LogP contribution in [0, 0.1) is 5.92 Å². The molecule has 2 rings (SSSR count). The molecule has 2 aliphatic rings. The first-order valence-electron chi connectivity index (χ1n) is 4.76. The Kier molecular flexibility index (Phi) is 2.10. The first-order chi connectivity index (χ1) is 5.71. The molecule has 0 spiro atoms. The normalized spacial score (nSPS) is 44.0. The second kappa shape index (κ2) is 2.98. The highest BCUT2D eigenvalue weighted by Crippen LogP contribution is 2.41. The lowest BCUT2D eigenvalue weighted by Gasteiger charge is -2.48. The molecule has 1 aliphatic carbocycles. The maximum atomic E-state index is 10.1. The molecule has 3 nitrogen and oxygen atoms in total. The summed E-state index contributed by atoms with van der Waals surface area (Å²) in [6.07, 6.45) is 3.59. The Morgan fingerprint density at radius 3 is 2.33 bits per heavy atom. The minimum atomic E-state index is -0.441. The van der Waals surface area contributed by atoms with Gasteiger partial charge in [0.1, 0.15) is 0 Å². The van der Waals surface area contributed by atoms with E-state index in [9.17, 15) is 5.11 Å². The summed E-state index contributed by atoms with van der Waals surface area (Å²) >= 11 is 0. The highest BCUT2D eigenvalue weighted by Gasteiger charge is 2.46. The fraction of sp³-hybridized carbons (Fsp3) is 1.00. The van der Waals surface area contributed by atoms with Gasteiger partial charge in [-0.2, -0.15) is 0 Å². The van der Waals surface area contributed by atoms with Crippen molar-refractivity contribution in [2.24, 2.45) is 11.7 Å². The number of nitrogens with two attached hydrogens (primary N) is 1. The standard InChI is InChI=1S/C9H17NO2/c10-8-5-9(11,6-8)7-1-3-12-4-2-7/h7-8,11H,1-6,10H2. The SMILES string of the molecule is NC1CC(O)(C2CCOCC2)C1. The van der Waals surface area contributed by atoms with Gasteiger partial charge >= 0.3 is 0 Å². The van der Waals surface area contributed by atoms with Gasteiger partial charge in [-0.25, -0.2) is 0 Å². The van der Waals surface area contributed by atoms with Gasteiger partial charge in [-0.3, -0.25) is 0 Å². The zero-order valence-electron chi connectivity index (χ0n) is 7.33. The Hall–Kier alpha value is -0.120. The van der Waals surface area contributed by atoms with Crippen LogP contribution in [0.4, 0.5) is 0 Å². The fourth-order valence-electron chi connectivity index (χ4n) is 2.42. The van der Waals surface area contributed by atoms with Crippen molar-refractivity contribution in [3.63, 3.8) is 0 Å². The van der Waals surface area contributed by atoms with Gasteiger partial charge in [0.2, 0.25) is 0 Å². The lowest BCUT2D eigenvalue weighted by Crippen LogP contribution is -2.56. The molecule has 1 saturated carbocycles. The van der Waals surface area contributed by atoms with Crippen molar-refractivity contribution in [1.82, 2.24) is 0 Å². The first kappa shape index (κ1) is 8.48. The number of aliphatic hydroxyl groups is 1. The third kappa shape index (κ3) is 1.37. The quantitative estimate of drug-likeness (QED) is 0.595. The fourth-order valence-corrected chi connectivity index (χ4v) is 2.42. The number of ether oxygens (including phenoxy) is 1. The van der Waals surface area contributed by atoms with E-state index in [0.717, 1.165) is 38.9 Å². The van der Waals surface area contributed by atoms with Gasteiger partial charge in [0, 0.05) is 19.3 Å². The molecule has 0 bridgehead atoms. The van der Waals surface area contributed by atoms with E-state index in [1.165, 1.54) is 0 Å². The Morgan fingerprint density at radius 2 is 1.83 bits per heavy atom. The second-order valence-electron chi connectivity index (χ2n) is 4.16. The lowest BCUT2D eigenvalue weighted by molar-refractivity contribution is -0.122. The molecule has 1 saturated heterocycles. The molecule has 0 amide bonds. The molecule has 3 heteroatoms.